The van der Waals surface area contributed by atoms with Gasteiger partial charge in [-0.25, -0.2) is 0 Å². The Morgan fingerprint density at radius 1 is 1.04 bits per heavy atom. The molecule has 124 valence electrons. The Hall–Kier alpha value is -1.97. The van der Waals surface area contributed by atoms with Crippen LogP contribution in [0.3, 0.4) is 0 Å². The summed E-state index contributed by atoms with van der Waals surface area (Å²) < 4.78 is 0. The van der Waals surface area contributed by atoms with Gasteiger partial charge in [-0.3, -0.25) is 4.79 Å². The lowest BCUT2D eigenvalue weighted by Crippen LogP contribution is -2.36. The number of alkyl halides is 2. The smallest absolute Gasteiger partial charge is 0.256 e. The number of aromatic amines is 1. The normalized spacial score (nSPS) is 11.1. The Morgan fingerprint density at radius 3 is 2.50 bits per heavy atom. The number of hydrogen-bond acceptors (Lipinski definition) is 1. The predicted octanol–water partition coefficient (Wildman–Crippen LogP) is 4.54. The van der Waals surface area contributed by atoms with E-state index >= 15 is 0 Å². The number of aromatic nitrogens is 1. The molecule has 0 bridgehead atoms. The van der Waals surface area contributed by atoms with Gasteiger partial charge in [-0.05, 0) is 23.6 Å². The number of carbonyl (C=O) groups excluding carboxylic acids is 1. The van der Waals surface area contributed by atoms with E-state index in [1.54, 1.807) is 4.90 Å². The molecule has 0 fully saturated rings. The van der Waals surface area contributed by atoms with Gasteiger partial charge in [0.15, 0.2) is 4.84 Å². The van der Waals surface area contributed by atoms with Crippen LogP contribution < -0.4 is 0 Å². The minimum atomic E-state index is -1.04. The molecule has 1 aromatic heterocycles. The van der Waals surface area contributed by atoms with Crippen LogP contribution in [-0.4, -0.2) is 27.2 Å². The average Bonchev–Trinajstić information content (AvgIpc) is 3.02. The van der Waals surface area contributed by atoms with E-state index in [4.69, 9.17) is 23.2 Å². The van der Waals surface area contributed by atoms with Gasteiger partial charge in [0.05, 0.1) is 0 Å². The first-order valence-corrected chi connectivity index (χ1v) is 8.68. The van der Waals surface area contributed by atoms with Crippen LogP contribution in [0.15, 0.2) is 60.8 Å². The van der Waals surface area contributed by atoms with Gasteiger partial charge in [-0.2, -0.15) is 0 Å². The molecule has 2 aromatic carbocycles. The molecule has 0 radical (unpaired) electrons. The number of fused-ring (bicyclic) bond motifs is 1. The van der Waals surface area contributed by atoms with Crippen molar-refractivity contribution in [3.8, 4) is 0 Å². The SMILES string of the molecule is O=C(C(Cl)Cl)N(CCc1c[nH]c2ccccc12)Cc1ccccc1. The van der Waals surface area contributed by atoms with Crippen LogP contribution in [0.4, 0.5) is 0 Å². The number of H-pyrrole nitrogens is 1. The van der Waals surface area contributed by atoms with Crippen LogP contribution in [0.1, 0.15) is 11.1 Å². The van der Waals surface area contributed by atoms with Crippen LogP contribution in [0.25, 0.3) is 10.9 Å². The van der Waals surface area contributed by atoms with E-state index in [1.807, 2.05) is 54.7 Å². The van der Waals surface area contributed by atoms with Crippen LogP contribution in [0.5, 0.6) is 0 Å². The van der Waals surface area contributed by atoms with E-state index in [9.17, 15) is 4.79 Å². The molecule has 0 saturated heterocycles. The number of nitrogens with zero attached hydrogens (tertiary/aromatic N) is 1. The standard InChI is InChI=1S/C19H18Cl2N2O/c20-18(21)19(24)23(13-14-6-2-1-3-7-14)11-10-15-12-22-17-9-5-4-8-16(15)17/h1-9,12,18,22H,10-11,13H2. The van der Waals surface area contributed by atoms with E-state index in [0.29, 0.717) is 13.1 Å². The summed E-state index contributed by atoms with van der Waals surface area (Å²) in [6.07, 6.45) is 2.73. The fourth-order valence-electron chi connectivity index (χ4n) is 2.80. The molecule has 1 N–H and O–H groups in total. The Balaban J connectivity index is 1.75. The second-order valence-corrected chi connectivity index (χ2v) is 6.75. The van der Waals surface area contributed by atoms with Gasteiger partial charge in [0.2, 0.25) is 0 Å². The Kier molecular flexibility index (Phi) is 5.44. The van der Waals surface area contributed by atoms with Crippen LogP contribution in [0, 0.1) is 0 Å². The summed E-state index contributed by atoms with van der Waals surface area (Å²) in [4.78, 5) is 16.2. The number of nitrogens with one attached hydrogen (secondary N) is 1. The third kappa shape index (κ3) is 3.92. The van der Waals surface area contributed by atoms with Crippen molar-refractivity contribution in [2.45, 2.75) is 17.8 Å². The summed E-state index contributed by atoms with van der Waals surface area (Å²) in [6.45, 7) is 1.06. The van der Waals surface area contributed by atoms with E-state index in [0.717, 1.165) is 17.5 Å². The van der Waals surface area contributed by atoms with Gasteiger partial charge in [0, 0.05) is 30.2 Å². The van der Waals surface area contributed by atoms with E-state index in [-0.39, 0.29) is 5.91 Å². The lowest BCUT2D eigenvalue weighted by molar-refractivity contribution is -0.129. The lowest BCUT2D eigenvalue weighted by Gasteiger charge is -2.23. The van der Waals surface area contributed by atoms with Gasteiger partial charge >= 0.3 is 0 Å². The highest BCUT2D eigenvalue weighted by Gasteiger charge is 2.20. The van der Waals surface area contributed by atoms with Crippen LogP contribution in [0.2, 0.25) is 0 Å². The summed E-state index contributed by atoms with van der Waals surface area (Å²) in [5.41, 5.74) is 3.33. The minimum absolute atomic E-state index is 0.262. The second kappa shape index (κ2) is 7.73. The van der Waals surface area contributed by atoms with Crippen LogP contribution >= 0.6 is 23.2 Å². The molecule has 0 aliphatic carbocycles. The molecule has 5 heteroatoms. The zero-order valence-electron chi connectivity index (χ0n) is 13.1. The molecule has 0 aliphatic heterocycles. The maximum absolute atomic E-state index is 12.3. The maximum atomic E-state index is 12.3. The highest BCUT2D eigenvalue weighted by atomic mass is 35.5. The number of halogens is 2. The van der Waals surface area contributed by atoms with Gasteiger partial charge in [0.25, 0.3) is 5.91 Å². The Labute approximate surface area is 151 Å². The van der Waals surface area contributed by atoms with Crippen molar-refractivity contribution in [1.82, 2.24) is 9.88 Å². The minimum Gasteiger partial charge on any atom is -0.361 e. The molecule has 0 unspecified atom stereocenters. The summed E-state index contributed by atoms with van der Waals surface area (Å²) in [7, 11) is 0. The number of rotatable bonds is 6. The van der Waals surface area contributed by atoms with Crippen molar-refractivity contribution >= 4 is 40.0 Å². The average molecular weight is 361 g/mol. The molecule has 3 nitrogen and oxygen atoms in total. The van der Waals surface area contributed by atoms with E-state index in [2.05, 4.69) is 11.1 Å². The highest BCUT2D eigenvalue weighted by molar-refractivity contribution is 6.53. The van der Waals surface area contributed by atoms with Crippen molar-refractivity contribution in [3.63, 3.8) is 0 Å². The quantitative estimate of drug-likeness (QED) is 0.643. The molecule has 0 atom stereocenters. The monoisotopic (exact) mass is 360 g/mol. The first-order valence-electron chi connectivity index (χ1n) is 7.81. The fraction of sp³-hybridized carbons (Fsp3) is 0.211. The molecular formula is C19H18Cl2N2O. The number of carbonyl (C=O) groups is 1. The summed E-state index contributed by atoms with van der Waals surface area (Å²) in [5.74, 6) is -0.262. The predicted molar refractivity (Wildman–Crippen MR) is 99.4 cm³/mol. The molecule has 3 aromatic rings. The first-order chi connectivity index (χ1) is 11.6. The second-order valence-electron chi connectivity index (χ2n) is 5.66. The van der Waals surface area contributed by atoms with Gasteiger partial charge in [0.1, 0.15) is 0 Å². The molecule has 0 saturated carbocycles. The summed E-state index contributed by atoms with van der Waals surface area (Å²) in [6, 6.07) is 18.0. The van der Waals surface area contributed by atoms with Crippen molar-refractivity contribution in [3.05, 3.63) is 71.9 Å². The molecular weight excluding hydrogens is 343 g/mol. The largest absolute Gasteiger partial charge is 0.361 e. The number of amides is 1. The zero-order valence-corrected chi connectivity index (χ0v) is 14.6. The maximum Gasteiger partial charge on any atom is 0.256 e. The Bertz CT molecular complexity index is 814. The highest BCUT2D eigenvalue weighted by Crippen LogP contribution is 2.19. The third-order valence-electron chi connectivity index (χ3n) is 4.04. The number of benzene rings is 2. The van der Waals surface area contributed by atoms with Gasteiger partial charge < -0.3 is 9.88 Å². The van der Waals surface area contributed by atoms with Crippen molar-refractivity contribution in [2.75, 3.05) is 6.54 Å². The van der Waals surface area contributed by atoms with E-state index in [1.165, 1.54) is 10.9 Å². The Morgan fingerprint density at radius 2 is 1.75 bits per heavy atom. The fourth-order valence-corrected chi connectivity index (χ4v) is 3.08. The zero-order chi connectivity index (χ0) is 16.9. The molecule has 3 rings (SSSR count). The third-order valence-corrected chi connectivity index (χ3v) is 4.41. The van der Waals surface area contributed by atoms with Crippen molar-refractivity contribution in [1.29, 1.82) is 0 Å². The van der Waals surface area contributed by atoms with E-state index < -0.39 is 4.84 Å². The molecule has 0 aliphatic rings. The number of hydrogen-bond donors (Lipinski definition) is 1. The van der Waals surface area contributed by atoms with Gasteiger partial charge in [-0.15, -0.1) is 0 Å². The number of para-hydroxylation sites is 1. The lowest BCUT2D eigenvalue weighted by atomic mass is 10.1. The molecule has 24 heavy (non-hydrogen) atoms. The van der Waals surface area contributed by atoms with Crippen LogP contribution in [-0.2, 0) is 17.8 Å². The van der Waals surface area contributed by atoms with Gasteiger partial charge in [-0.1, -0.05) is 71.7 Å². The molecule has 1 heterocycles. The molecule has 1 amide bonds. The molecule has 0 spiro atoms. The van der Waals surface area contributed by atoms with Crippen molar-refractivity contribution < 1.29 is 4.79 Å². The van der Waals surface area contributed by atoms with Crippen molar-refractivity contribution in [2.24, 2.45) is 0 Å². The topological polar surface area (TPSA) is 36.1 Å². The first kappa shape index (κ1) is 16.9. The summed E-state index contributed by atoms with van der Waals surface area (Å²) >= 11 is 11.6. The summed E-state index contributed by atoms with van der Waals surface area (Å²) in [5, 5.41) is 1.18.